The van der Waals surface area contributed by atoms with E-state index in [1.165, 1.54) is 18.4 Å². The Labute approximate surface area is 161 Å². The molecule has 0 fully saturated rings. The van der Waals surface area contributed by atoms with Gasteiger partial charge in [0, 0.05) is 4.47 Å². The van der Waals surface area contributed by atoms with E-state index in [1.807, 2.05) is 36.4 Å². The molecule has 0 spiro atoms. The molecule has 1 aromatic heterocycles. The van der Waals surface area contributed by atoms with E-state index >= 15 is 0 Å². The fourth-order valence-corrected chi connectivity index (χ4v) is 3.88. The maximum absolute atomic E-state index is 12.2. The fraction of sp³-hybridized carbons (Fsp3) is 0.167. The summed E-state index contributed by atoms with van der Waals surface area (Å²) < 4.78 is 13.6. The van der Waals surface area contributed by atoms with Gasteiger partial charge in [-0.1, -0.05) is 45.5 Å². The van der Waals surface area contributed by atoms with E-state index in [0.717, 1.165) is 14.7 Å². The number of halogens is 1. The molecule has 6 nitrogen and oxygen atoms in total. The molecule has 2 aromatic carbocycles. The summed E-state index contributed by atoms with van der Waals surface area (Å²) in [4.78, 5) is 28.5. The molecule has 0 saturated carbocycles. The molecule has 0 aliphatic rings. The number of para-hydroxylation sites is 1. The van der Waals surface area contributed by atoms with Gasteiger partial charge in [0.15, 0.2) is 11.4 Å². The quantitative estimate of drug-likeness (QED) is 0.578. The molecule has 0 radical (unpaired) electrons. The van der Waals surface area contributed by atoms with Gasteiger partial charge < -0.3 is 14.0 Å². The van der Waals surface area contributed by atoms with Crippen molar-refractivity contribution < 1.29 is 19.1 Å². The number of nitrogens with zero attached hydrogens (tertiary/aromatic N) is 2. The fourth-order valence-electron chi connectivity index (χ4n) is 2.28. The summed E-state index contributed by atoms with van der Waals surface area (Å²) in [6, 6.07) is 14.7. The normalized spacial score (nSPS) is 11.5. The Bertz CT molecular complexity index is 1010. The van der Waals surface area contributed by atoms with Crippen molar-refractivity contribution >= 4 is 49.4 Å². The number of rotatable bonds is 5. The predicted octanol–water partition coefficient (Wildman–Crippen LogP) is 3.14. The van der Waals surface area contributed by atoms with Crippen LogP contribution in [0.3, 0.4) is 0 Å². The Hall–Kier alpha value is -2.45. The zero-order valence-corrected chi connectivity index (χ0v) is 16.2. The van der Waals surface area contributed by atoms with Gasteiger partial charge in [0.2, 0.25) is 0 Å². The zero-order chi connectivity index (χ0) is 18.5. The van der Waals surface area contributed by atoms with Gasteiger partial charge in [0.1, 0.15) is 12.3 Å². The number of hydrogen-bond acceptors (Lipinski definition) is 5. The maximum atomic E-state index is 12.2. The highest BCUT2D eigenvalue weighted by Gasteiger charge is 2.12. The van der Waals surface area contributed by atoms with Crippen LogP contribution < -0.4 is 9.54 Å². The van der Waals surface area contributed by atoms with Crippen molar-refractivity contribution in [2.45, 2.75) is 6.54 Å². The molecule has 0 N–H and O–H groups in total. The number of fused-ring (bicyclic) bond motifs is 1. The Morgan fingerprint density at radius 1 is 1.19 bits per heavy atom. The number of hydrogen-bond donors (Lipinski definition) is 0. The number of methoxy groups -OCH3 is 1. The van der Waals surface area contributed by atoms with Gasteiger partial charge in [-0.05, 0) is 30.3 Å². The molecule has 1 amide bonds. The first-order chi connectivity index (χ1) is 12.6. The standard InChI is InChI=1S/C18H15BrN2O4S/c1-24-17(23)10-21-14-8-7-12(19)9-15(14)26-18(21)20-16(22)11-25-13-5-3-2-4-6-13/h2-9H,10-11H2,1H3. The lowest BCUT2D eigenvalue weighted by Crippen LogP contribution is -2.23. The summed E-state index contributed by atoms with van der Waals surface area (Å²) in [5.74, 6) is -0.251. The average molecular weight is 435 g/mol. The van der Waals surface area contributed by atoms with E-state index in [-0.39, 0.29) is 13.2 Å². The SMILES string of the molecule is COC(=O)Cn1c(=NC(=O)COc2ccccc2)sc2cc(Br)ccc21. The third-order valence-electron chi connectivity index (χ3n) is 3.49. The molecule has 0 saturated heterocycles. The number of thiazole rings is 1. The van der Waals surface area contributed by atoms with E-state index in [0.29, 0.717) is 10.6 Å². The molecule has 0 atom stereocenters. The van der Waals surface area contributed by atoms with Gasteiger partial charge in [-0.3, -0.25) is 9.59 Å². The van der Waals surface area contributed by atoms with Crippen LogP contribution in [-0.2, 0) is 20.9 Å². The number of aromatic nitrogens is 1. The molecule has 0 aliphatic carbocycles. The number of ether oxygens (including phenoxy) is 2. The van der Waals surface area contributed by atoms with Crippen molar-refractivity contribution in [3.8, 4) is 5.75 Å². The maximum Gasteiger partial charge on any atom is 0.325 e. The first-order valence-corrected chi connectivity index (χ1v) is 9.29. The lowest BCUT2D eigenvalue weighted by Gasteiger charge is -2.04. The first-order valence-electron chi connectivity index (χ1n) is 7.68. The van der Waals surface area contributed by atoms with E-state index in [4.69, 9.17) is 9.47 Å². The molecule has 1 heterocycles. The Kier molecular flexibility index (Phi) is 5.85. The second-order valence-electron chi connectivity index (χ2n) is 5.27. The Morgan fingerprint density at radius 2 is 1.96 bits per heavy atom. The predicted molar refractivity (Wildman–Crippen MR) is 102 cm³/mol. The largest absolute Gasteiger partial charge is 0.484 e. The van der Waals surface area contributed by atoms with Gasteiger partial charge in [0.05, 0.1) is 17.3 Å². The highest BCUT2D eigenvalue weighted by Crippen LogP contribution is 2.22. The van der Waals surface area contributed by atoms with Crippen LogP contribution in [0.1, 0.15) is 0 Å². The van der Waals surface area contributed by atoms with Crippen LogP contribution in [0.25, 0.3) is 10.2 Å². The number of amides is 1. The summed E-state index contributed by atoms with van der Waals surface area (Å²) in [5.41, 5.74) is 0.805. The van der Waals surface area contributed by atoms with Crippen molar-refractivity contribution in [2.75, 3.05) is 13.7 Å². The second-order valence-corrected chi connectivity index (χ2v) is 7.19. The topological polar surface area (TPSA) is 69.9 Å². The van der Waals surface area contributed by atoms with Gasteiger partial charge in [-0.15, -0.1) is 0 Å². The number of esters is 1. The van der Waals surface area contributed by atoms with Crippen molar-refractivity contribution in [1.29, 1.82) is 0 Å². The molecular weight excluding hydrogens is 420 g/mol. The van der Waals surface area contributed by atoms with Gasteiger partial charge in [-0.25, -0.2) is 0 Å². The molecule has 3 aromatic rings. The van der Waals surface area contributed by atoms with Crippen LogP contribution in [-0.4, -0.2) is 30.2 Å². The summed E-state index contributed by atoms with van der Waals surface area (Å²) in [6.45, 7) is -0.204. The van der Waals surface area contributed by atoms with E-state index in [2.05, 4.69) is 20.9 Å². The molecule has 8 heteroatoms. The van der Waals surface area contributed by atoms with E-state index in [9.17, 15) is 9.59 Å². The second kappa shape index (κ2) is 8.29. The Balaban J connectivity index is 1.91. The summed E-state index contributed by atoms with van der Waals surface area (Å²) >= 11 is 4.74. The van der Waals surface area contributed by atoms with Crippen LogP contribution in [0.2, 0.25) is 0 Å². The average Bonchev–Trinajstić information content (AvgIpc) is 2.96. The number of benzene rings is 2. The smallest absolute Gasteiger partial charge is 0.325 e. The molecule has 26 heavy (non-hydrogen) atoms. The van der Waals surface area contributed by atoms with Crippen molar-refractivity contribution in [3.05, 3.63) is 57.8 Å². The highest BCUT2D eigenvalue weighted by molar-refractivity contribution is 9.10. The van der Waals surface area contributed by atoms with Crippen LogP contribution in [0.5, 0.6) is 5.75 Å². The van der Waals surface area contributed by atoms with Crippen molar-refractivity contribution in [3.63, 3.8) is 0 Å². The molecule has 0 bridgehead atoms. The van der Waals surface area contributed by atoms with Crippen LogP contribution in [0.15, 0.2) is 58.0 Å². The first kappa shape index (κ1) is 18.3. The zero-order valence-electron chi connectivity index (χ0n) is 13.8. The third kappa shape index (κ3) is 4.39. The molecule has 134 valence electrons. The minimum Gasteiger partial charge on any atom is -0.484 e. The molecule has 0 unspecified atom stereocenters. The van der Waals surface area contributed by atoms with Crippen LogP contribution >= 0.6 is 27.3 Å². The minimum absolute atomic E-state index is 0.0240. The summed E-state index contributed by atoms with van der Waals surface area (Å²) in [7, 11) is 1.32. The van der Waals surface area contributed by atoms with E-state index < -0.39 is 11.9 Å². The van der Waals surface area contributed by atoms with E-state index in [1.54, 1.807) is 16.7 Å². The lowest BCUT2D eigenvalue weighted by atomic mass is 10.3. The minimum atomic E-state index is -0.432. The molecule has 3 rings (SSSR count). The monoisotopic (exact) mass is 434 g/mol. The lowest BCUT2D eigenvalue weighted by molar-refractivity contribution is -0.141. The summed E-state index contributed by atoms with van der Waals surface area (Å²) in [6.07, 6.45) is 0. The van der Waals surface area contributed by atoms with Gasteiger partial charge >= 0.3 is 5.97 Å². The highest BCUT2D eigenvalue weighted by atomic mass is 79.9. The molecule has 0 aliphatic heterocycles. The van der Waals surface area contributed by atoms with Gasteiger partial charge in [0.25, 0.3) is 5.91 Å². The third-order valence-corrected chi connectivity index (χ3v) is 5.02. The Morgan fingerprint density at radius 3 is 2.69 bits per heavy atom. The summed E-state index contributed by atoms with van der Waals surface area (Å²) in [5, 5.41) is 0. The number of carbonyl (C=O) groups is 2. The van der Waals surface area contributed by atoms with Crippen molar-refractivity contribution in [1.82, 2.24) is 4.57 Å². The van der Waals surface area contributed by atoms with Crippen molar-refractivity contribution in [2.24, 2.45) is 4.99 Å². The van der Waals surface area contributed by atoms with Gasteiger partial charge in [-0.2, -0.15) is 4.99 Å². The molecular formula is C18H15BrN2O4S. The number of carbonyl (C=O) groups excluding carboxylic acids is 2. The van der Waals surface area contributed by atoms with Crippen LogP contribution in [0.4, 0.5) is 0 Å². The van der Waals surface area contributed by atoms with Crippen LogP contribution in [0, 0.1) is 0 Å².